The van der Waals surface area contributed by atoms with Crippen LogP contribution in [0.15, 0.2) is 24.3 Å². The molecule has 2 atom stereocenters. The molecular formula is C11H12FN5. The van der Waals surface area contributed by atoms with Gasteiger partial charge in [0.15, 0.2) is 0 Å². The molecule has 6 heteroatoms. The number of nitrogens with zero attached hydrogens (tertiary/aromatic N) is 4. The number of fused-ring (bicyclic) bond motifs is 1. The van der Waals surface area contributed by atoms with Crippen LogP contribution >= 0.6 is 0 Å². The van der Waals surface area contributed by atoms with Gasteiger partial charge in [-0.1, -0.05) is 30.2 Å². The Morgan fingerprint density at radius 1 is 1.41 bits per heavy atom. The van der Waals surface area contributed by atoms with E-state index in [1.165, 1.54) is 6.07 Å². The fourth-order valence-electron chi connectivity index (χ4n) is 2.26. The third-order valence-electron chi connectivity index (χ3n) is 3.10. The second kappa shape index (κ2) is 3.80. The van der Waals surface area contributed by atoms with Crippen molar-refractivity contribution in [2.75, 3.05) is 11.9 Å². The van der Waals surface area contributed by atoms with Crippen molar-refractivity contribution in [3.8, 4) is 0 Å². The van der Waals surface area contributed by atoms with Gasteiger partial charge in [-0.25, -0.2) is 9.07 Å². The Morgan fingerprint density at radius 3 is 3.06 bits per heavy atom. The highest BCUT2D eigenvalue weighted by Gasteiger charge is 2.31. The normalized spacial score (nSPS) is 22.9. The van der Waals surface area contributed by atoms with Crippen LogP contribution in [0.4, 0.5) is 10.3 Å². The number of anilines is 1. The Labute approximate surface area is 97.6 Å². The van der Waals surface area contributed by atoms with Crippen LogP contribution in [-0.2, 0) is 0 Å². The molecule has 17 heavy (non-hydrogen) atoms. The summed E-state index contributed by atoms with van der Waals surface area (Å²) >= 11 is 0. The number of hydrogen-bond donors (Lipinski definition) is 1. The minimum absolute atomic E-state index is 0.151. The number of rotatable bonds is 1. The summed E-state index contributed by atoms with van der Waals surface area (Å²) in [5.41, 5.74) is 0.634. The van der Waals surface area contributed by atoms with Crippen molar-refractivity contribution in [1.82, 2.24) is 20.2 Å². The smallest absolute Gasteiger partial charge is 0.243 e. The lowest BCUT2D eigenvalue weighted by molar-refractivity contribution is 0.355. The molecule has 2 aromatic rings. The minimum Gasteiger partial charge on any atom is -0.353 e. The molecule has 0 saturated heterocycles. The van der Waals surface area contributed by atoms with Crippen LogP contribution in [-0.4, -0.2) is 26.8 Å². The first kappa shape index (κ1) is 10.2. The lowest BCUT2D eigenvalue weighted by atomic mass is 9.93. The van der Waals surface area contributed by atoms with Crippen LogP contribution < -0.4 is 5.32 Å². The first-order valence-electron chi connectivity index (χ1n) is 5.53. The van der Waals surface area contributed by atoms with Crippen LogP contribution in [0.2, 0.25) is 0 Å². The lowest BCUT2D eigenvalue weighted by Gasteiger charge is -2.30. The third kappa shape index (κ3) is 1.56. The number of nitrogens with one attached hydrogen (secondary N) is 1. The van der Waals surface area contributed by atoms with Gasteiger partial charge in [-0.3, -0.25) is 0 Å². The van der Waals surface area contributed by atoms with E-state index in [1.54, 1.807) is 16.8 Å². The summed E-state index contributed by atoms with van der Waals surface area (Å²) in [6.07, 6.45) is 0. The molecule has 0 aliphatic carbocycles. The highest BCUT2D eigenvalue weighted by molar-refractivity contribution is 5.32. The predicted octanol–water partition coefficient (Wildman–Crippen LogP) is 1.46. The van der Waals surface area contributed by atoms with E-state index >= 15 is 0 Å². The number of hydrogen-bond acceptors (Lipinski definition) is 4. The lowest BCUT2D eigenvalue weighted by Crippen LogP contribution is -2.32. The zero-order valence-electron chi connectivity index (χ0n) is 9.34. The molecule has 1 N–H and O–H groups in total. The summed E-state index contributed by atoms with van der Waals surface area (Å²) in [5.74, 6) is 0.604. The fraction of sp³-hybridized carbons (Fsp3) is 0.364. The summed E-state index contributed by atoms with van der Waals surface area (Å²) in [7, 11) is 0. The SMILES string of the molecule is CC1CNc2nnnn2C1c1ccccc1F. The molecule has 1 aliphatic heterocycles. The molecule has 5 nitrogen and oxygen atoms in total. The molecule has 1 aromatic carbocycles. The molecule has 0 bridgehead atoms. The molecule has 1 aromatic heterocycles. The van der Waals surface area contributed by atoms with E-state index in [2.05, 4.69) is 27.8 Å². The Bertz CT molecular complexity index is 538. The Morgan fingerprint density at radius 2 is 2.24 bits per heavy atom. The highest BCUT2D eigenvalue weighted by atomic mass is 19.1. The molecule has 0 radical (unpaired) electrons. The third-order valence-corrected chi connectivity index (χ3v) is 3.10. The minimum atomic E-state index is -0.215. The molecule has 0 fully saturated rings. The average molecular weight is 233 g/mol. The number of aromatic nitrogens is 4. The van der Waals surface area contributed by atoms with Gasteiger partial charge in [-0.2, -0.15) is 0 Å². The zero-order valence-corrected chi connectivity index (χ0v) is 9.34. The summed E-state index contributed by atoms with van der Waals surface area (Å²) in [4.78, 5) is 0. The Hall–Kier alpha value is -1.98. The van der Waals surface area contributed by atoms with E-state index < -0.39 is 0 Å². The molecule has 2 heterocycles. The highest BCUT2D eigenvalue weighted by Crippen LogP contribution is 2.32. The maximum absolute atomic E-state index is 13.8. The zero-order chi connectivity index (χ0) is 11.8. The molecule has 3 rings (SSSR count). The maximum Gasteiger partial charge on any atom is 0.243 e. The Kier molecular flexibility index (Phi) is 2.28. The van der Waals surface area contributed by atoms with Gasteiger partial charge in [0.25, 0.3) is 0 Å². The predicted molar refractivity (Wildman–Crippen MR) is 60.0 cm³/mol. The summed E-state index contributed by atoms with van der Waals surface area (Å²) in [5, 5.41) is 14.5. The quantitative estimate of drug-likeness (QED) is 0.810. The van der Waals surface area contributed by atoms with E-state index in [9.17, 15) is 4.39 Å². The second-order valence-electron chi connectivity index (χ2n) is 4.27. The molecular weight excluding hydrogens is 221 g/mol. The van der Waals surface area contributed by atoms with Crippen LogP contribution in [0.25, 0.3) is 0 Å². The van der Waals surface area contributed by atoms with E-state index in [-0.39, 0.29) is 17.8 Å². The van der Waals surface area contributed by atoms with Crippen molar-refractivity contribution in [3.63, 3.8) is 0 Å². The number of tetrazole rings is 1. The van der Waals surface area contributed by atoms with Gasteiger partial charge in [-0.15, -0.1) is 0 Å². The molecule has 88 valence electrons. The van der Waals surface area contributed by atoms with Crippen molar-refractivity contribution >= 4 is 5.95 Å². The monoisotopic (exact) mass is 233 g/mol. The second-order valence-corrected chi connectivity index (χ2v) is 4.27. The van der Waals surface area contributed by atoms with Gasteiger partial charge in [0, 0.05) is 18.0 Å². The topological polar surface area (TPSA) is 55.6 Å². The van der Waals surface area contributed by atoms with Crippen LogP contribution in [0.1, 0.15) is 18.5 Å². The first-order valence-corrected chi connectivity index (χ1v) is 5.53. The molecule has 0 spiro atoms. The van der Waals surface area contributed by atoms with Gasteiger partial charge < -0.3 is 5.32 Å². The molecule has 0 amide bonds. The number of benzene rings is 1. The van der Waals surface area contributed by atoms with E-state index in [1.807, 2.05) is 6.07 Å². The van der Waals surface area contributed by atoms with Crippen molar-refractivity contribution in [2.45, 2.75) is 13.0 Å². The van der Waals surface area contributed by atoms with Crippen molar-refractivity contribution in [3.05, 3.63) is 35.6 Å². The van der Waals surface area contributed by atoms with Gasteiger partial charge in [0.1, 0.15) is 5.82 Å². The molecule has 2 unspecified atom stereocenters. The number of halogens is 1. The van der Waals surface area contributed by atoms with Gasteiger partial charge in [-0.05, 0) is 16.5 Å². The van der Waals surface area contributed by atoms with E-state index in [0.29, 0.717) is 11.5 Å². The summed E-state index contributed by atoms with van der Waals surface area (Å²) < 4.78 is 15.5. The van der Waals surface area contributed by atoms with Crippen LogP contribution in [0.5, 0.6) is 0 Å². The maximum atomic E-state index is 13.8. The van der Waals surface area contributed by atoms with Crippen LogP contribution in [0.3, 0.4) is 0 Å². The largest absolute Gasteiger partial charge is 0.353 e. The van der Waals surface area contributed by atoms with Gasteiger partial charge in [0.2, 0.25) is 5.95 Å². The summed E-state index contributed by atoms with van der Waals surface area (Å²) in [6.45, 7) is 2.79. The fourth-order valence-corrected chi connectivity index (χ4v) is 2.26. The molecule has 1 aliphatic rings. The van der Waals surface area contributed by atoms with E-state index in [0.717, 1.165) is 6.54 Å². The van der Waals surface area contributed by atoms with E-state index in [4.69, 9.17) is 0 Å². The first-order chi connectivity index (χ1) is 8.27. The van der Waals surface area contributed by atoms with Crippen molar-refractivity contribution in [1.29, 1.82) is 0 Å². The van der Waals surface area contributed by atoms with Gasteiger partial charge in [0.05, 0.1) is 6.04 Å². The Balaban J connectivity index is 2.12. The summed E-state index contributed by atoms with van der Waals surface area (Å²) in [6, 6.07) is 6.62. The standard InChI is InChI=1S/C11H12FN5/c1-7-6-13-11-14-15-16-17(11)10(7)8-4-2-3-5-9(8)12/h2-5,7,10H,6H2,1H3,(H,13,14,16). The van der Waals surface area contributed by atoms with Crippen molar-refractivity contribution < 1.29 is 4.39 Å². The van der Waals surface area contributed by atoms with Crippen molar-refractivity contribution in [2.24, 2.45) is 5.92 Å². The molecule has 0 saturated carbocycles. The average Bonchev–Trinajstić information content (AvgIpc) is 2.79. The van der Waals surface area contributed by atoms with Gasteiger partial charge >= 0.3 is 0 Å². The van der Waals surface area contributed by atoms with Crippen LogP contribution in [0, 0.1) is 11.7 Å².